The summed E-state index contributed by atoms with van der Waals surface area (Å²) >= 11 is 0. The van der Waals surface area contributed by atoms with Gasteiger partial charge in [-0.05, 0) is 43.7 Å². The Kier molecular flexibility index (Phi) is 4.58. The molecule has 0 saturated heterocycles. The first-order valence-electron chi connectivity index (χ1n) is 6.78. The number of rotatable bonds is 5. The second-order valence-electron chi connectivity index (χ2n) is 4.70. The van der Waals surface area contributed by atoms with E-state index in [0.29, 0.717) is 25.3 Å². The predicted molar refractivity (Wildman–Crippen MR) is 81.4 cm³/mol. The fraction of sp³-hybridized carbons (Fsp3) is 0.312. The Morgan fingerprint density at radius 1 is 1.30 bits per heavy atom. The zero-order valence-electron chi connectivity index (χ0n) is 11.9. The zero-order chi connectivity index (χ0) is 14.5. The molecule has 0 aliphatic rings. The monoisotopic (exact) mass is 272 g/mol. The first-order chi connectivity index (χ1) is 9.63. The van der Waals surface area contributed by atoms with Gasteiger partial charge in [0, 0.05) is 30.5 Å². The highest BCUT2D eigenvalue weighted by molar-refractivity contribution is 5.51. The van der Waals surface area contributed by atoms with E-state index < -0.39 is 0 Å². The molecule has 20 heavy (non-hydrogen) atoms. The van der Waals surface area contributed by atoms with Crippen LogP contribution in [-0.2, 0) is 11.2 Å². The number of anilines is 1. The standard InChI is InChI=1S/C16H20N2O2/c1-3-20-10-8-13-5-4-9-18(16(13)19)15-7-6-14(17)11-12(15)2/h4-7,9,11H,3,8,10,17H2,1-2H3. The van der Waals surface area contributed by atoms with Crippen molar-refractivity contribution in [2.45, 2.75) is 20.3 Å². The molecule has 2 rings (SSSR count). The highest BCUT2D eigenvalue weighted by Crippen LogP contribution is 2.15. The van der Waals surface area contributed by atoms with Crippen molar-refractivity contribution in [3.63, 3.8) is 0 Å². The van der Waals surface area contributed by atoms with Crippen LogP contribution in [0.3, 0.4) is 0 Å². The quantitative estimate of drug-likeness (QED) is 0.671. The third kappa shape index (κ3) is 3.08. The molecule has 2 N–H and O–H groups in total. The van der Waals surface area contributed by atoms with Crippen molar-refractivity contribution >= 4 is 5.69 Å². The van der Waals surface area contributed by atoms with Gasteiger partial charge in [-0.25, -0.2) is 0 Å². The van der Waals surface area contributed by atoms with Crippen LogP contribution in [0.2, 0.25) is 0 Å². The summed E-state index contributed by atoms with van der Waals surface area (Å²) in [6.07, 6.45) is 2.41. The second kappa shape index (κ2) is 6.39. The Labute approximate surface area is 118 Å². The largest absolute Gasteiger partial charge is 0.399 e. The van der Waals surface area contributed by atoms with Crippen LogP contribution in [0.4, 0.5) is 5.69 Å². The minimum Gasteiger partial charge on any atom is -0.399 e. The number of ether oxygens (including phenoxy) is 1. The van der Waals surface area contributed by atoms with E-state index in [0.717, 1.165) is 16.8 Å². The topological polar surface area (TPSA) is 57.2 Å². The number of nitrogens with zero attached hydrogens (tertiary/aromatic N) is 1. The summed E-state index contributed by atoms with van der Waals surface area (Å²) in [5, 5.41) is 0. The first-order valence-corrected chi connectivity index (χ1v) is 6.78. The van der Waals surface area contributed by atoms with E-state index in [1.165, 1.54) is 0 Å². The highest BCUT2D eigenvalue weighted by atomic mass is 16.5. The molecule has 4 nitrogen and oxygen atoms in total. The molecule has 0 saturated carbocycles. The summed E-state index contributed by atoms with van der Waals surface area (Å²) in [6, 6.07) is 9.29. The lowest BCUT2D eigenvalue weighted by Crippen LogP contribution is -2.23. The van der Waals surface area contributed by atoms with E-state index in [2.05, 4.69) is 0 Å². The van der Waals surface area contributed by atoms with Crippen LogP contribution >= 0.6 is 0 Å². The smallest absolute Gasteiger partial charge is 0.258 e. The Balaban J connectivity index is 2.37. The number of nitrogen functional groups attached to an aromatic ring is 1. The van der Waals surface area contributed by atoms with Crippen LogP contribution in [0.15, 0.2) is 41.3 Å². The van der Waals surface area contributed by atoms with Gasteiger partial charge in [0.05, 0.1) is 12.3 Å². The van der Waals surface area contributed by atoms with Crippen LogP contribution < -0.4 is 11.3 Å². The molecule has 1 aromatic carbocycles. The molecule has 0 fully saturated rings. The van der Waals surface area contributed by atoms with E-state index in [1.807, 2.05) is 44.2 Å². The van der Waals surface area contributed by atoms with Gasteiger partial charge in [0.15, 0.2) is 0 Å². The average molecular weight is 272 g/mol. The summed E-state index contributed by atoms with van der Waals surface area (Å²) in [7, 11) is 0. The summed E-state index contributed by atoms with van der Waals surface area (Å²) in [5.41, 5.74) is 9.06. The molecule has 106 valence electrons. The lowest BCUT2D eigenvalue weighted by Gasteiger charge is -2.11. The number of hydrogen-bond acceptors (Lipinski definition) is 3. The summed E-state index contributed by atoms with van der Waals surface area (Å²) in [5.74, 6) is 0. The van der Waals surface area contributed by atoms with E-state index in [9.17, 15) is 4.79 Å². The molecule has 0 spiro atoms. The summed E-state index contributed by atoms with van der Waals surface area (Å²) < 4.78 is 6.98. The number of aromatic nitrogens is 1. The van der Waals surface area contributed by atoms with Gasteiger partial charge in [-0.15, -0.1) is 0 Å². The van der Waals surface area contributed by atoms with Gasteiger partial charge in [-0.1, -0.05) is 6.07 Å². The Hall–Kier alpha value is -2.07. The number of pyridine rings is 1. The molecule has 1 heterocycles. The van der Waals surface area contributed by atoms with E-state index in [4.69, 9.17) is 10.5 Å². The van der Waals surface area contributed by atoms with E-state index in [1.54, 1.807) is 10.8 Å². The van der Waals surface area contributed by atoms with Crippen LogP contribution in [0.1, 0.15) is 18.1 Å². The van der Waals surface area contributed by atoms with Crippen LogP contribution in [0.5, 0.6) is 0 Å². The maximum Gasteiger partial charge on any atom is 0.258 e. The molecule has 0 bridgehead atoms. The summed E-state index contributed by atoms with van der Waals surface area (Å²) in [6.45, 7) is 5.13. The average Bonchev–Trinajstić information content (AvgIpc) is 2.42. The van der Waals surface area contributed by atoms with Gasteiger partial charge in [-0.3, -0.25) is 9.36 Å². The van der Waals surface area contributed by atoms with Crippen LogP contribution in [-0.4, -0.2) is 17.8 Å². The van der Waals surface area contributed by atoms with Crippen molar-refractivity contribution in [1.82, 2.24) is 4.57 Å². The maximum atomic E-state index is 12.5. The van der Waals surface area contributed by atoms with Crippen molar-refractivity contribution in [2.75, 3.05) is 18.9 Å². The van der Waals surface area contributed by atoms with E-state index in [-0.39, 0.29) is 5.56 Å². The number of nitrogens with two attached hydrogens (primary N) is 1. The van der Waals surface area contributed by atoms with Crippen molar-refractivity contribution in [3.8, 4) is 5.69 Å². The number of aryl methyl sites for hydroxylation is 1. The fourth-order valence-electron chi connectivity index (χ4n) is 2.19. The third-order valence-corrected chi connectivity index (χ3v) is 3.23. The maximum absolute atomic E-state index is 12.5. The minimum absolute atomic E-state index is 0.0000690. The van der Waals surface area contributed by atoms with Crippen LogP contribution in [0.25, 0.3) is 5.69 Å². The van der Waals surface area contributed by atoms with Crippen molar-refractivity contribution in [1.29, 1.82) is 0 Å². The van der Waals surface area contributed by atoms with Gasteiger partial charge in [0.1, 0.15) is 0 Å². The molecule has 0 amide bonds. The normalized spacial score (nSPS) is 10.7. The molecular weight excluding hydrogens is 252 g/mol. The SMILES string of the molecule is CCOCCc1cccn(-c2ccc(N)cc2C)c1=O. The Bertz CT molecular complexity index is 647. The van der Waals surface area contributed by atoms with Crippen molar-refractivity contribution < 1.29 is 4.74 Å². The van der Waals surface area contributed by atoms with Gasteiger partial charge >= 0.3 is 0 Å². The first kappa shape index (κ1) is 14.3. The predicted octanol–water partition coefficient (Wildman–Crippen LogP) is 2.31. The van der Waals surface area contributed by atoms with Crippen LogP contribution in [0, 0.1) is 6.92 Å². The van der Waals surface area contributed by atoms with Gasteiger partial charge in [-0.2, -0.15) is 0 Å². The lowest BCUT2D eigenvalue weighted by atomic mass is 10.1. The van der Waals surface area contributed by atoms with Crippen molar-refractivity contribution in [2.24, 2.45) is 0 Å². The second-order valence-corrected chi connectivity index (χ2v) is 4.70. The zero-order valence-corrected chi connectivity index (χ0v) is 11.9. The highest BCUT2D eigenvalue weighted by Gasteiger charge is 2.07. The van der Waals surface area contributed by atoms with Gasteiger partial charge in [0.2, 0.25) is 0 Å². The number of benzene rings is 1. The Morgan fingerprint density at radius 2 is 2.10 bits per heavy atom. The fourth-order valence-corrected chi connectivity index (χ4v) is 2.19. The minimum atomic E-state index is 0.0000690. The molecule has 0 radical (unpaired) electrons. The van der Waals surface area contributed by atoms with E-state index >= 15 is 0 Å². The Morgan fingerprint density at radius 3 is 2.80 bits per heavy atom. The molecule has 0 aliphatic carbocycles. The van der Waals surface area contributed by atoms with Gasteiger partial charge in [0.25, 0.3) is 5.56 Å². The molecule has 0 aliphatic heterocycles. The molecular formula is C16H20N2O2. The molecule has 0 atom stereocenters. The lowest BCUT2D eigenvalue weighted by molar-refractivity contribution is 0.150. The number of hydrogen-bond donors (Lipinski definition) is 1. The van der Waals surface area contributed by atoms with Crippen molar-refractivity contribution in [3.05, 3.63) is 58.0 Å². The molecule has 0 unspecified atom stereocenters. The molecule has 4 heteroatoms. The molecule has 2 aromatic rings. The van der Waals surface area contributed by atoms with Gasteiger partial charge < -0.3 is 10.5 Å². The third-order valence-electron chi connectivity index (χ3n) is 3.23. The molecule has 1 aromatic heterocycles. The summed E-state index contributed by atoms with van der Waals surface area (Å²) in [4.78, 5) is 12.5.